The van der Waals surface area contributed by atoms with Crippen molar-refractivity contribution in [1.29, 1.82) is 0 Å². The molecule has 0 saturated carbocycles. The normalized spacial score (nSPS) is 18.3. The number of ether oxygens (including phenoxy) is 1. The van der Waals surface area contributed by atoms with Gasteiger partial charge >= 0.3 is 6.09 Å². The molecule has 1 aliphatic heterocycles. The standard InChI is InChI=1S/C21H35N3O2/c1-7-12-24(20(25)26-21(4,5)6)19-11-10-17(14-22-19)18-9-8-13-23(18)15-16(2)3/h10-11,14,16,18H,7-9,12-13,15H2,1-6H3. The number of carbonyl (C=O) groups is 1. The van der Waals surface area contributed by atoms with Gasteiger partial charge in [0, 0.05) is 25.3 Å². The summed E-state index contributed by atoms with van der Waals surface area (Å²) in [4.78, 5) is 21.3. The van der Waals surface area contributed by atoms with Crippen LogP contribution in [0.25, 0.3) is 0 Å². The van der Waals surface area contributed by atoms with Gasteiger partial charge in [-0.3, -0.25) is 9.80 Å². The number of amides is 1. The third kappa shape index (κ3) is 5.70. The predicted octanol–water partition coefficient (Wildman–Crippen LogP) is 5.03. The summed E-state index contributed by atoms with van der Waals surface area (Å²) in [6.07, 6.45) is 4.87. The van der Waals surface area contributed by atoms with Gasteiger partial charge in [-0.1, -0.05) is 26.8 Å². The van der Waals surface area contributed by atoms with Crippen molar-refractivity contribution in [2.45, 2.75) is 72.4 Å². The van der Waals surface area contributed by atoms with Gasteiger partial charge in [-0.15, -0.1) is 0 Å². The lowest BCUT2D eigenvalue weighted by Gasteiger charge is -2.28. The van der Waals surface area contributed by atoms with E-state index in [9.17, 15) is 4.79 Å². The van der Waals surface area contributed by atoms with Crippen molar-refractivity contribution in [1.82, 2.24) is 9.88 Å². The topological polar surface area (TPSA) is 45.7 Å². The van der Waals surface area contributed by atoms with Gasteiger partial charge in [-0.05, 0) is 64.1 Å². The van der Waals surface area contributed by atoms with E-state index < -0.39 is 5.60 Å². The maximum absolute atomic E-state index is 12.5. The van der Waals surface area contributed by atoms with E-state index in [1.165, 1.54) is 18.4 Å². The monoisotopic (exact) mass is 361 g/mol. The van der Waals surface area contributed by atoms with Gasteiger partial charge < -0.3 is 4.74 Å². The van der Waals surface area contributed by atoms with Crippen LogP contribution in [0.1, 0.15) is 72.4 Å². The molecule has 5 heteroatoms. The SMILES string of the molecule is CCCN(C(=O)OC(C)(C)C)c1ccc(C2CCCN2CC(C)C)cn1. The smallest absolute Gasteiger partial charge is 0.416 e. The van der Waals surface area contributed by atoms with Crippen molar-refractivity contribution in [2.24, 2.45) is 5.92 Å². The second kappa shape index (κ2) is 8.85. The highest BCUT2D eigenvalue weighted by molar-refractivity contribution is 5.86. The molecular formula is C21H35N3O2. The Morgan fingerprint density at radius 1 is 1.38 bits per heavy atom. The largest absolute Gasteiger partial charge is 0.443 e. The number of hydrogen-bond donors (Lipinski definition) is 0. The molecule has 2 rings (SSSR count). The Bertz CT molecular complexity index is 578. The molecule has 0 aliphatic carbocycles. The fourth-order valence-electron chi connectivity index (χ4n) is 3.49. The van der Waals surface area contributed by atoms with Crippen molar-refractivity contribution in [2.75, 3.05) is 24.5 Å². The van der Waals surface area contributed by atoms with Crippen LogP contribution in [0.3, 0.4) is 0 Å². The quantitative estimate of drug-likeness (QED) is 0.713. The van der Waals surface area contributed by atoms with E-state index in [2.05, 4.69) is 29.8 Å². The van der Waals surface area contributed by atoms with Crippen molar-refractivity contribution in [3.63, 3.8) is 0 Å². The number of nitrogens with zero attached hydrogens (tertiary/aromatic N) is 3. The van der Waals surface area contributed by atoms with Gasteiger partial charge in [0.05, 0.1) is 0 Å². The molecule has 1 aromatic heterocycles. The minimum atomic E-state index is -0.510. The third-order valence-electron chi connectivity index (χ3n) is 4.46. The predicted molar refractivity (Wildman–Crippen MR) is 106 cm³/mol. The summed E-state index contributed by atoms with van der Waals surface area (Å²) in [7, 11) is 0. The number of anilines is 1. The van der Waals surface area contributed by atoms with Crippen LogP contribution in [0.15, 0.2) is 18.3 Å². The van der Waals surface area contributed by atoms with E-state index in [-0.39, 0.29) is 6.09 Å². The summed E-state index contributed by atoms with van der Waals surface area (Å²) >= 11 is 0. The minimum Gasteiger partial charge on any atom is -0.443 e. The van der Waals surface area contributed by atoms with Crippen LogP contribution in [0.5, 0.6) is 0 Å². The number of rotatable bonds is 6. The number of pyridine rings is 1. The van der Waals surface area contributed by atoms with Gasteiger partial charge in [0.1, 0.15) is 11.4 Å². The number of carbonyl (C=O) groups excluding carboxylic acids is 1. The summed E-state index contributed by atoms with van der Waals surface area (Å²) in [5.74, 6) is 1.33. The summed E-state index contributed by atoms with van der Waals surface area (Å²) in [6, 6.07) is 4.53. The van der Waals surface area contributed by atoms with E-state index >= 15 is 0 Å². The van der Waals surface area contributed by atoms with Crippen LogP contribution in [0.2, 0.25) is 0 Å². The molecule has 5 nitrogen and oxygen atoms in total. The zero-order valence-corrected chi connectivity index (χ0v) is 17.3. The molecule has 1 saturated heterocycles. The zero-order valence-electron chi connectivity index (χ0n) is 17.3. The molecule has 1 aliphatic rings. The molecule has 0 radical (unpaired) electrons. The molecule has 1 unspecified atom stereocenters. The van der Waals surface area contributed by atoms with Crippen LogP contribution >= 0.6 is 0 Å². The number of aromatic nitrogens is 1. The second-order valence-corrected chi connectivity index (χ2v) is 8.63. The molecule has 2 heterocycles. The number of hydrogen-bond acceptors (Lipinski definition) is 4. The minimum absolute atomic E-state index is 0.332. The van der Waals surface area contributed by atoms with E-state index in [1.807, 2.05) is 40.0 Å². The van der Waals surface area contributed by atoms with E-state index in [0.29, 0.717) is 24.3 Å². The van der Waals surface area contributed by atoms with Gasteiger partial charge in [-0.25, -0.2) is 9.78 Å². The Morgan fingerprint density at radius 3 is 2.65 bits per heavy atom. The average Bonchev–Trinajstić information content (AvgIpc) is 2.98. The maximum Gasteiger partial charge on any atom is 0.416 e. The Kier molecular flexibility index (Phi) is 7.04. The second-order valence-electron chi connectivity index (χ2n) is 8.63. The first kappa shape index (κ1) is 20.7. The zero-order chi connectivity index (χ0) is 19.3. The molecule has 1 aromatic rings. The number of likely N-dealkylation sites (tertiary alicyclic amines) is 1. The Balaban J connectivity index is 2.14. The molecule has 0 N–H and O–H groups in total. The highest BCUT2D eigenvalue weighted by atomic mass is 16.6. The molecule has 1 fully saturated rings. The van der Waals surface area contributed by atoms with Gasteiger partial charge in [0.2, 0.25) is 0 Å². The highest BCUT2D eigenvalue weighted by Gasteiger charge is 2.28. The van der Waals surface area contributed by atoms with E-state index in [4.69, 9.17) is 4.74 Å². The van der Waals surface area contributed by atoms with E-state index in [1.54, 1.807) is 4.90 Å². The van der Waals surface area contributed by atoms with Gasteiger partial charge in [-0.2, -0.15) is 0 Å². The molecule has 26 heavy (non-hydrogen) atoms. The highest BCUT2D eigenvalue weighted by Crippen LogP contribution is 2.32. The van der Waals surface area contributed by atoms with Crippen molar-refractivity contribution in [3.8, 4) is 0 Å². The van der Waals surface area contributed by atoms with Crippen LogP contribution in [-0.2, 0) is 4.74 Å². The summed E-state index contributed by atoms with van der Waals surface area (Å²) < 4.78 is 5.54. The van der Waals surface area contributed by atoms with Crippen molar-refractivity contribution in [3.05, 3.63) is 23.9 Å². The lowest BCUT2D eigenvalue weighted by Crippen LogP contribution is -2.37. The fourth-order valence-corrected chi connectivity index (χ4v) is 3.49. The molecule has 146 valence electrons. The lowest BCUT2D eigenvalue weighted by atomic mass is 10.1. The molecular weight excluding hydrogens is 326 g/mol. The third-order valence-corrected chi connectivity index (χ3v) is 4.46. The van der Waals surface area contributed by atoms with Gasteiger partial charge in [0.15, 0.2) is 0 Å². The van der Waals surface area contributed by atoms with Crippen LogP contribution in [0, 0.1) is 5.92 Å². The van der Waals surface area contributed by atoms with Crippen LogP contribution in [0.4, 0.5) is 10.6 Å². The van der Waals surface area contributed by atoms with E-state index in [0.717, 1.165) is 19.5 Å². The lowest BCUT2D eigenvalue weighted by molar-refractivity contribution is 0.0579. The first-order valence-electron chi connectivity index (χ1n) is 9.91. The fraction of sp³-hybridized carbons (Fsp3) is 0.714. The summed E-state index contributed by atoms with van der Waals surface area (Å²) in [6.45, 7) is 15.1. The van der Waals surface area contributed by atoms with Crippen molar-refractivity contribution < 1.29 is 9.53 Å². The van der Waals surface area contributed by atoms with Crippen LogP contribution in [-0.4, -0.2) is 41.2 Å². The van der Waals surface area contributed by atoms with Crippen LogP contribution < -0.4 is 4.90 Å². The molecule has 0 spiro atoms. The first-order chi connectivity index (χ1) is 12.2. The van der Waals surface area contributed by atoms with Gasteiger partial charge in [0.25, 0.3) is 0 Å². The summed E-state index contributed by atoms with van der Waals surface area (Å²) in [5.41, 5.74) is 0.733. The molecule has 1 atom stereocenters. The average molecular weight is 362 g/mol. The first-order valence-corrected chi connectivity index (χ1v) is 9.91. The Labute approximate surface area is 158 Å². The van der Waals surface area contributed by atoms with Crippen molar-refractivity contribution >= 4 is 11.9 Å². The summed E-state index contributed by atoms with van der Waals surface area (Å²) in [5, 5.41) is 0. The molecule has 0 aromatic carbocycles. The Hall–Kier alpha value is -1.62. The molecule has 0 bridgehead atoms. The molecule has 1 amide bonds. The Morgan fingerprint density at radius 2 is 2.12 bits per heavy atom. The maximum atomic E-state index is 12.5.